The van der Waals surface area contributed by atoms with Gasteiger partial charge in [0.2, 0.25) is 0 Å². The summed E-state index contributed by atoms with van der Waals surface area (Å²) in [4.78, 5) is 13.3. The van der Waals surface area contributed by atoms with Gasteiger partial charge in [-0.15, -0.1) is 0 Å². The quantitative estimate of drug-likeness (QED) is 0.870. The molecule has 0 saturated heterocycles. The fourth-order valence-corrected chi connectivity index (χ4v) is 2.68. The monoisotopic (exact) mass is 292 g/mol. The molecule has 1 heterocycles. The number of aromatic nitrogens is 1. The summed E-state index contributed by atoms with van der Waals surface area (Å²) in [5.74, 6) is 0.397. The Morgan fingerprint density at radius 2 is 2.25 bits per heavy atom. The van der Waals surface area contributed by atoms with Gasteiger partial charge in [0.1, 0.15) is 16.3 Å². The third-order valence-corrected chi connectivity index (χ3v) is 3.82. The van der Waals surface area contributed by atoms with Crippen LogP contribution in [-0.4, -0.2) is 24.4 Å². The minimum absolute atomic E-state index is 0.176. The molecule has 0 aliphatic rings. The van der Waals surface area contributed by atoms with Crippen LogP contribution in [0, 0.1) is 0 Å². The highest BCUT2D eigenvalue weighted by molar-refractivity contribution is 7.11. The Morgan fingerprint density at radius 1 is 1.50 bits per heavy atom. The highest BCUT2D eigenvalue weighted by Gasteiger charge is 2.19. The van der Waals surface area contributed by atoms with E-state index in [2.05, 4.69) is 4.37 Å². The normalized spacial score (nSPS) is 10.3. The van der Waals surface area contributed by atoms with Crippen molar-refractivity contribution in [2.75, 3.05) is 24.8 Å². The summed E-state index contributed by atoms with van der Waals surface area (Å²) < 4.78 is 9.17. The van der Waals surface area contributed by atoms with E-state index in [1.165, 1.54) is 0 Å². The smallest absolute Gasteiger partial charge is 0.255 e. The highest BCUT2D eigenvalue weighted by atomic mass is 32.1. The van der Waals surface area contributed by atoms with Crippen LogP contribution < -0.4 is 21.1 Å². The maximum Gasteiger partial charge on any atom is 0.255 e. The number of hydrogen-bond acceptors (Lipinski definition) is 6. The molecule has 1 aromatic carbocycles. The first kappa shape index (κ1) is 14.1. The van der Waals surface area contributed by atoms with Gasteiger partial charge in [0.15, 0.2) is 5.82 Å². The molecule has 0 aliphatic carbocycles. The molecule has 0 atom stereocenters. The van der Waals surface area contributed by atoms with Crippen molar-refractivity contribution in [2.45, 2.75) is 6.54 Å². The topological polar surface area (TPSA) is 94.5 Å². The Hall–Kier alpha value is -2.28. The van der Waals surface area contributed by atoms with Gasteiger partial charge < -0.3 is 21.1 Å². The average Bonchev–Trinajstić information content (AvgIpc) is 2.81. The average molecular weight is 292 g/mol. The van der Waals surface area contributed by atoms with E-state index in [-0.39, 0.29) is 11.4 Å². The van der Waals surface area contributed by atoms with E-state index in [1.807, 2.05) is 36.2 Å². The van der Waals surface area contributed by atoms with Crippen LogP contribution in [0.15, 0.2) is 24.3 Å². The van der Waals surface area contributed by atoms with Crippen molar-refractivity contribution in [1.82, 2.24) is 4.37 Å². The second kappa shape index (κ2) is 5.79. The molecule has 7 heteroatoms. The predicted molar refractivity (Wildman–Crippen MR) is 80.1 cm³/mol. The number of carbonyl (C=O) groups is 1. The number of anilines is 2. The molecule has 0 fully saturated rings. The van der Waals surface area contributed by atoms with Crippen LogP contribution in [-0.2, 0) is 6.54 Å². The van der Waals surface area contributed by atoms with E-state index < -0.39 is 5.91 Å². The SMILES string of the molecule is COc1cccc(CN(C)c2snc(N)c2C(N)=O)c1. The van der Waals surface area contributed by atoms with E-state index in [4.69, 9.17) is 16.2 Å². The van der Waals surface area contributed by atoms with Crippen molar-refractivity contribution >= 4 is 28.3 Å². The Balaban J connectivity index is 2.23. The Bertz CT molecular complexity index is 627. The number of nitrogens with zero attached hydrogens (tertiary/aromatic N) is 2. The molecular formula is C13H16N4O2S. The summed E-state index contributed by atoms with van der Waals surface area (Å²) in [7, 11) is 3.48. The Morgan fingerprint density at radius 3 is 2.90 bits per heavy atom. The van der Waals surface area contributed by atoms with Crippen LogP contribution in [0.3, 0.4) is 0 Å². The van der Waals surface area contributed by atoms with Gasteiger partial charge in [-0.05, 0) is 29.2 Å². The summed E-state index contributed by atoms with van der Waals surface area (Å²) in [6.45, 7) is 0.596. The lowest BCUT2D eigenvalue weighted by atomic mass is 10.2. The van der Waals surface area contributed by atoms with Crippen LogP contribution >= 0.6 is 11.5 Å². The summed E-state index contributed by atoms with van der Waals surface area (Å²) in [6.07, 6.45) is 0. The largest absolute Gasteiger partial charge is 0.497 e. The van der Waals surface area contributed by atoms with E-state index in [9.17, 15) is 4.79 Å². The summed E-state index contributed by atoms with van der Waals surface area (Å²) in [6, 6.07) is 7.71. The van der Waals surface area contributed by atoms with E-state index in [1.54, 1.807) is 7.11 Å². The van der Waals surface area contributed by atoms with Crippen LogP contribution in [0.25, 0.3) is 0 Å². The zero-order valence-electron chi connectivity index (χ0n) is 11.3. The first-order valence-corrected chi connectivity index (χ1v) is 6.69. The third-order valence-electron chi connectivity index (χ3n) is 2.85. The number of nitrogen functional groups attached to an aromatic ring is 1. The van der Waals surface area contributed by atoms with Crippen molar-refractivity contribution in [2.24, 2.45) is 5.73 Å². The number of hydrogen-bond donors (Lipinski definition) is 2. The van der Waals surface area contributed by atoms with E-state index >= 15 is 0 Å². The molecule has 0 aliphatic heterocycles. The fourth-order valence-electron chi connectivity index (χ4n) is 1.90. The van der Waals surface area contributed by atoms with Gasteiger partial charge in [0.25, 0.3) is 5.91 Å². The first-order valence-electron chi connectivity index (χ1n) is 5.92. The molecule has 2 rings (SSSR count). The molecule has 20 heavy (non-hydrogen) atoms. The standard InChI is InChI=1S/C13H16N4O2S/c1-17(7-8-4-3-5-9(6-8)19-2)13-10(12(15)18)11(14)16-20-13/h3-6H,7H2,1-2H3,(H2,14,16)(H2,15,18). The molecular weight excluding hydrogens is 276 g/mol. The maximum atomic E-state index is 11.4. The van der Waals surface area contributed by atoms with Crippen LogP contribution in [0.4, 0.5) is 10.8 Å². The van der Waals surface area contributed by atoms with Gasteiger partial charge in [-0.3, -0.25) is 4.79 Å². The maximum absolute atomic E-state index is 11.4. The second-order valence-corrected chi connectivity index (χ2v) is 5.07. The molecule has 0 spiro atoms. The predicted octanol–water partition coefficient (Wildman–Crippen LogP) is 1.47. The number of carbonyl (C=O) groups excluding carboxylic acids is 1. The van der Waals surface area contributed by atoms with Crippen molar-refractivity contribution in [1.29, 1.82) is 0 Å². The van der Waals surface area contributed by atoms with Crippen molar-refractivity contribution in [3.63, 3.8) is 0 Å². The van der Waals surface area contributed by atoms with Gasteiger partial charge in [-0.1, -0.05) is 12.1 Å². The molecule has 4 N–H and O–H groups in total. The summed E-state index contributed by atoms with van der Waals surface area (Å²) in [5.41, 5.74) is 12.3. The molecule has 6 nitrogen and oxygen atoms in total. The number of ether oxygens (including phenoxy) is 1. The van der Waals surface area contributed by atoms with Gasteiger partial charge >= 0.3 is 0 Å². The lowest BCUT2D eigenvalue weighted by Gasteiger charge is -2.18. The molecule has 0 unspecified atom stereocenters. The van der Waals surface area contributed by atoms with Crippen molar-refractivity contribution < 1.29 is 9.53 Å². The van der Waals surface area contributed by atoms with E-state index in [0.29, 0.717) is 11.5 Å². The molecule has 0 radical (unpaired) electrons. The zero-order chi connectivity index (χ0) is 14.7. The number of rotatable bonds is 5. The Labute approximate surface area is 121 Å². The van der Waals surface area contributed by atoms with Crippen molar-refractivity contribution in [3.05, 3.63) is 35.4 Å². The fraction of sp³-hybridized carbons (Fsp3) is 0.231. The summed E-state index contributed by atoms with van der Waals surface area (Å²) >= 11 is 1.16. The number of primary amides is 1. The molecule has 0 bridgehead atoms. The number of methoxy groups -OCH3 is 1. The molecule has 2 aromatic rings. The van der Waals surface area contributed by atoms with Crippen molar-refractivity contribution in [3.8, 4) is 5.75 Å². The molecule has 106 valence electrons. The van der Waals surface area contributed by atoms with Crippen LogP contribution in [0.2, 0.25) is 0 Å². The van der Waals surface area contributed by atoms with Gasteiger partial charge in [0, 0.05) is 13.6 Å². The van der Waals surface area contributed by atoms with Gasteiger partial charge in [-0.25, -0.2) is 0 Å². The number of amides is 1. The molecule has 1 aromatic heterocycles. The zero-order valence-corrected chi connectivity index (χ0v) is 12.1. The Kier molecular flexibility index (Phi) is 4.09. The van der Waals surface area contributed by atoms with Gasteiger partial charge in [-0.2, -0.15) is 4.37 Å². The minimum Gasteiger partial charge on any atom is -0.497 e. The molecule has 0 saturated carbocycles. The van der Waals surface area contributed by atoms with Crippen LogP contribution in [0.1, 0.15) is 15.9 Å². The first-order chi connectivity index (χ1) is 9.52. The second-order valence-electron chi connectivity index (χ2n) is 4.32. The lowest BCUT2D eigenvalue weighted by molar-refractivity contribution is 0.100. The number of benzene rings is 1. The molecule has 1 amide bonds. The van der Waals surface area contributed by atoms with E-state index in [0.717, 1.165) is 22.8 Å². The minimum atomic E-state index is -0.566. The third kappa shape index (κ3) is 2.83. The van der Waals surface area contributed by atoms with Crippen LogP contribution in [0.5, 0.6) is 5.75 Å². The summed E-state index contributed by atoms with van der Waals surface area (Å²) in [5, 5.41) is 0.665. The number of nitrogens with two attached hydrogens (primary N) is 2. The lowest BCUT2D eigenvalue weighted by Crippen LogP contribution is -2.21. The highest BCUT2D eigenvalue weighted by Crippen LogP contribution is 2.30. The van der Waals surface area contributed by atoms with Gasteiger partial charge in [0.05, 0.1) is 7.11 Å².